The number of likely N-dealkylation sites (tertiary alicyclic amines) is 1. The molecule has 0 saturated carbocycles. The van der Waals surface area contributed by atoms with Crippen molar-refractivity contribution < 1.29 is 9.90 Å². The molecule has 1 aliphatic rings. The van der Waals surface area contributed by atoms with E-state index in [4.69, 9.17) is 0 Å². The molecule has 0 aromatic heterocycles. The van der Waals surface area contributed by atoms with Gasteiger partial charge in [0.2, 0.25) is 0 Å². The number of carboxylic acids is 1. The molecule has 110 valence electrons. The summed E-state index contributed by atoms with van der Waals surface area (Å²) in [5.74, 6) is -0.658. The van der Waals surface area contributed by atoms with Crippen molar-refractivity contribution in [1.82, 2.24) is 4.90 Å². The normalized spacial score (nSPS) is 24.7. The van der Waals surface area contributed by atoms with Crippen LogP contribution in [0.3, 0.4) is 0 Å². The molecular weight excluding hydrogens is 250 g/mol. The summed E-state index contributed by atoms with van der Waals surface area (Å²) < 4.78 is 0. The minimum Gasteiger partial charge on any atom is -0.480 e. The molecule has 2 unspecified atom stereocenters. The Morgan fingerprint density at radius 2 is 2.05 bits per heavy atom. The van der Waals surface area contributed by atoms with Crippen LogP contribution in [0.5, 0.6) is 0 Å². The van der Waals surface area contributed by atoms with Gasteiger partial charge < -0.3 is 5.11 Å². The maximum atomic E-state index is 11.9. The van der Waals surface area contributed by atoms with Crippen LogP contribution in [0.4, 0.5) is 0 Å². The molecule has 1 aromatic carbocycles. The summed E-state index contributed by atoms with van der Waals surface area (Å²) in [7, 11) is 0. The molecule has 0 bridgehead atoms. The highest BCUT2D eigenvalue weighted by atomic mass is 16.4. The first-order chi connectivity index (χ1) is 9.65. The van der Waals surface area contributed by atoms with Gasteiger partial charge >= 0.3 is 5.97 Å². The maximum absolute atomic E-state index is 11.9. The summed E-state index contributed by atoms with van der Waals surface area (Å²) in [4.78, 5) is 14.1. The van der Waals surface area contributed by atoms with E-state index in [2.05, 4.69) is 24.0 Å². The van der Waals surface area contributed by atoms with Crippen LogP contribution in [0.1, 0.15) is 57.6 Å². The molecule has 1 aromatic rings. The van der Waals surface area contributed by atoms with Crippen LogP contribution >= 0.6 is 0 Å². The van der Waals surface area contributed by atoms with Crippen LogP contribution in [0.25, 0.3) is 0 Å². The molecule has 1 N–H and O–H groups in total. The van der Waals surface area contributed by atoms with Crippen LogP contribution in [0.15, 0.2) is 30.3 Å². The van der Waals surface area contributed by atoms with Gasteiger partial charge in [0.1, 0.15) is 5.54 Å². The number of carboxylic acid groups (broad SMARTS) is 1. The molecule has 3 nitrogen and oxygen atoms in total. The van der Waals surface area contributed by atoms with Gasteiger partial charge in [-0.15, -0.1) is 0 Å². The monoisotopic (exact) mass is 275 g/mol. The summed E-state index contributed by atoms with van der Waals surface area (Å²) in [6.45, 7) is 5.06. The van der Waals surface area contributed by atoms with Crippen molar-refractivity contribution in [3.8, 4) is 0 Å². The van der Waals surface area contributed by atoms with Crippen molar-refractivity contribution in [2.24, 2.45) is 0 Å². The van der Waals surface area contributed by atoms with E-state index in [0.29, 0.717) is 6.42 Å². The van der Waals surface area contributed by atoms with E-state index in [-0.39, 0.29) is 6.04 Å². The quantitative estimate of drug-likeness (QED) is 0.857. The summed E-state index contributed by atoms with van der Waals surface area (Å²) in [6, 6.07) is 10.6. The van der Waals surface area contributed by atoms with E-state index in [1.807, 2.05) is 25.1 Å². The molecule has 0 spiro atoms. The fourth-order valence-electron chi connectivity index (χ4n) is 3.57. The van der Waals surface area contributed by atoms with Crippen molar-refractivity contribution in [3.05, 3.63) is 35.9 Å². The molecule has 1 fully saturated rings. The zero-order chi connectivity index (χ0) is 14.6. The number of nitrogens with zero attached hydrogens (tertiary/aromatic N) is 1. The lowest BCUT2D eigenvalue weighted by atomic mass is 9.89. The van der Waals surface area contributed by atoms with E-state index in [1.54, 1.807) is 0 Å². The maximum Gasteiger partial charge on any atom is 0.324 e. The molecule has 1 aliphatic heterocycles. The van der Waals surface area contributed by atoms with Crippen LogP contribution in [-0.2, 0) is 4.79 Å². The Morgan fingerprint density at radius 1 is 1.35 bits per heavy atom. The second kappa shape index (κ2) is 6.40. The van der Waals surface area contributed by atoms with Gasteiger partial charge in [-0.3, -0.25) is 9.69 Å². The first-order valence-electron chi connectivity index (χ1n) is 7.70. The molecule has 20 heavy (non-hydrogen) atoms. The third-order valence-corrected chi connectivity index (χ3v) is 4.64. The van der Waals surface area contributed by atoms with E-state index in [1.165, 1.54) is 5.56 Å². The van der Waals surface area contributed by atoms with Gasteiger partial charge in [-0.1, -0.05) is 50.6 Å². The second-order valence-corrected chi connectivity index (χ2v) is 5.70. The van der Waals surface area contributed by atoms with Crippen molar-refractivity contribution in [2.45, 2.75) is 57.5 Å². The summed E-state index contributed by atoms with van der Waals surface area (Å²) in [5.41, 5.74) is 0.575. The van der Waals surface area contributed by atoms with Gasteiger partial charge in [0, 0.05) is 6.04 Å². The molecule has 2 atom stereocenters. The Balaban J connectivity index is 2.36. The predicted molar refractivity (Wildman–Crippen MR) is 80.7 cm³/mol. The third kappa shape index (κ3) is 2.59. The number of aliphatic carboxylic acids is 1. The first-order valence-corrected chi connectivity index (χ1v) is 7.70. The lowest BCUT2D eigenvalue weighted by molar-refractivity contribution is -0.151. The van der Waals surface area contributed by atoms with E-state index in [9.17, 15) is 9.90 Å². The molecule has 0 aliphatic carbocycles. The highest BCUT2D eigenvalue weighted by Gasteiger charge is 2.48. The highest BCUT2D eigenvalue weighted by molar-refractivity contribution is 5.79. The van der Waals surface area contributed by atoms with Gasteiger partial charge in [0.15, 0.2) is 0 Å². The SMILES string of the molecule is CCCC(c1ccccc1)N1CCCC1(CC)C(=O)O. The van der Waals surface area contributed by atoms with Gasteiger partial charge in [0.05, 0.1) is 0 Å². The summed E-state index contributed by atoms with van der Waals surface area (Å²) >= 11 is 0. The summed E-state index contributed by atoms with van der Waals surface area (Å²) in [6.07, 6.45) is 4.50. The Morgan fingerprint density at radius 3 is 2.60 bits per heavy atom. The summed E-state index contributed by atoms with van der Waals surface area (Å²) in [5, 5.41) is 9.76. The van der Waals surface area contributed by atoms with Crippen LogP contribution in [0, 0.1) is 0 Å². The Hall–Kier alpha value is -1.35. The van der Waals surface area contributed by atoms with E-state index < -0.39 is 11.5 Å². The number of benzene rings is 1. The topological polar surface area (TPSA) is 40.5 Å². The second-order valence-electron chi connectivity index (χ2n) is 5.70. The fourth-order valence-corrected chi connectivity index (χ4v) is 3.57. The lowest BCUT2D eigenvalue weighted by Gasteiger charge is -2.40. The van der Waals surface area contributed by atoms with Gasteiger partial charge in [-0.05, 0) is 37.8 Å². The first kappa shape index (κ1) is 15.0. The predicted octanol–water partition coefficient (Wildman–Crippen LogP) is 3.86. The Bertz CT molecular complexity index is 446. The van der Waals surface area contributed by atoms with E-state index in [0.717, 1.165) is 32.2 Å². The average molecular weight is 275 g/mol. The number of hydrogen-bond donors (Lipinski definition) is 1. The largest absolute Gasteiger partial charge is 0.480 e. The third-order valence-electron chi connectivity index (χ3n) is 4.64. The smallest absolute Gasteiger partial charge is 0.324 e. The van der Waals surface area contributed by atoms with Crippen molar-refractivity contribution in [3.63, 3.8) is 0 Å². The van der Waals surface area contributed by atoms with E-state index >= 15 is 0 Å². The van der Waals surface area contributed by atoms with Crippen LogP contribution in [0.2, 0.25) is 0 Å². The molecule has 1 saturated heterocycles. The molecular formula is C17H25NO2. The molecule has 1 heterocycles. The average Bonchev–Trinajstić information content (AvgIpc) is 2.90. The molecule has 3 heteroatoms. The lowest BCUT2D eigenvalue weighted by Crippen LogP contribution is -2.51. The van der Waals surface area contributed by atoms with Crippen molar-refractivity contribution in [1.29, 1.82) is 0 Å². The highest BCUT2D eigenvalue weighted by Crippen LogP contribution is 2.41. The van der Waals surface area contributed by atoms with Gasteiger partial charge in [-0.2, -0.15) is 0 Å². The number of carbonyl (C=O) groups is 1. The molecule has 0 amide bonds. The standard InChI is InChI=1S/C17H25NO2/c1-3-9-15(14-10-6-5-7-11-14)18-13-8-12-17(18,4-2)16(19)20/h5-7,10-11,15H,3-4,8-9,12-13H2,1-2H3,(H,19,20). The number of hydrogen-bond acceptors (Lipinski definition) is 2. The van der Waals surface area contributed by atoms with Crippen LogP contribution in [-0.4, -0.2) is 28.1 Å². The Kier molecular flexibility index (Phi) is 4.81. The minimum absolute atomic E-state index is 0.222. The zero-order valence-corrected chi connectivity index (χ0v) is 12.5. The minimum atomic E-state index is -0.671. The number of rotatable bonds is 6. The van der Waals surface area contributed by atoms with Gasteiger partial charge in [0.25, 0.3) is 0 Å². The van der Waals surface area contributed by atoms with Gasteiger partial charge in [-0.25, -0.2) is 0 Å². The fraction of sp³-hybridized carbons (Fsp3) is 0.588. The Labute approximate surface area is 121 Å². The van der Waals surface area contributed by atoms with Crippen molar-refractivity contribution >= 4 is 5.97 Å². The molecule has 2 rings (SSSR count). The zero-order valence-electron chi connectivity index (χ0n) is 12.5. The van der Waals surface area contributed by atoms with Crippen molar-refractivity contribution in [2.75, 3.05) is 6.54 Å². The molecule has 0 radical (unpaired) electrons. The van der Waals surface area contributed by atoms with Crippen LogP contribution < -0.4 is 0 Å².